The molecule has 2 aromatic rings. The molecule has 0 saturated heterocycles. The summed E-state index contributed by atoms with van der Waals surface area (Å²) in [6.45, 7) is 0.616. The van der Waals surface area contributed by atoms with Gasteiger partial charge in [-0.25, -0.2) is 0 Å². The van der Waals surface area contributed by atoms with Crippen molar-refractivity contribution < 1.29 is 4.74 Å². The van der Waals surface area contributed by atoms with Crippen LogP contribution < -0.4 is 4.74 Å². The number of benzene rings is 2. The molecule has 0 atom stereocenters. The van der Waals surface area contributed by atoms with Crippen molar-refractivity contribution in [2.24, 2.45) is 0 Å². The third-order valence-electron chi connectivity index (χ3n) is 3.38. The highest BCUT2D eigenvalue weighted by atomic mass is 79.9. The summed E-state index contributed by atoms with van der Waals surface area (Å²) in [7, 11) is 0. The Morgan fingerprint density at radius 2 is 1.95 bits per heavy atom. The fourth-order valence-electron chi connectivity index (χ4n) is 2.47. The van der Waals surface area contributed by atoms with Gasteiger partial charge in [-0.2, -0.15) is 0 Å². The Balaban J connectivity index is 2.19. The largest absolute Gasteiger partial charge is 0.488 e. The Kier molecular flexibility index (Phi) is 4.27. The van der Waals surface area contributed by atoms with Crippen LogP contribution in [0, 0.1) is 0 Å². The second-order valence-electron chi connectivity index (χ2n) is 4.68. The zero-order chi connectivity index (χ0) is 13.9. The lowest BCUT2D eigenvalue weighted by Gasteiger charge is -2.10. The van der Waals surface area contributed by atoms with Gasteiger partial charge >= 0.3 is 0 Å². The molecule has 0 saturated carbocycles. The van der Waals surface area contributed by atoms with Crippen LogP contribution in [0.3, 0.4) is 0 Å². The number of rotatable bonds is 2. The highest BCUT2D eigenvalue weighted by Gasteiger charge is 2.18. The van der Waals surface area contributed by atoms with Crippen molar-refractivity contribution in [1.82, 2.24) is 0 Å². The monoisotopic (exact) mass is 392 g/mol. The van der Waals surface area contributed by atoms with E-state index < -0.39 is 0 Å². The van der Waals surface area contributed by atoms with Crippen molar-refractivity contribution >= 4 is 37.4 Å². The quantitative estimate of drug-likeness (QED) is 0.607. The molecule has 0 bridgehead atoms. The van der Waals surface area contributed by atoms with E-state index in [1.54, 1.807) is 0 Å². The zero-order valence-corrected chi connectivity index (χ0v) is 14.1. The van der Waals surface area contributed by atoms with Crippen LogP contribution in [-0.4, -0.2) is 5.33 Å². The van der Waals surface area contributed by atoms with Crippen LogP contribution in [0.5, 0.6) is 5.75 Å². The molecular formula is C17H14Br2O. The second-order valence-corrected chi connectivity index (χ2v) is 6.39. The van der Waals surface area contributed by atoms with Crippen LogP contribution in [0.2, 0.25) is 0 Å². The van der Waals surface area contributed by atoms with Gasteiger partial charge in [-0.3, -0.25) is 0 Å². The van der Waals surface area contributed by atoms with E-state index in [0.717, 1.165) is 22.0 Å². The van der Waals surface area contributed by atoms with E-state index in [2.05, 4.69) is 74.3 Å². The summed E-state index contributed by atoms with van der Waals surface area (Å²) in [6.07, 6.45) is 3.29. The highest BCUT2D eigenvalue weighted by Crippen LogP contribution is 2.38. The molecule has 3 rings (SSSR count). The normalized spacial score (nSPS) is 15.2. The fraction of sp³-hybridized carbons (Fsp3) is 0.176. The van der Waals surface area contributed by atoms with E-state index in [4.69, 9.17) is 4.74 Å². The van der Waals surface area contributed by atoms with Crippen molar-refractivity contribution in [3.63, 3.8) is 0 Å². The molecule has 1 aliphatic rings. The van der Waals surface area contributed by atoms with Gasteiger partial charge in [0.25, 0.3) is 0 Å². The molecule has 0 spiro atoms. The predicted octanol–water partition coefficient (Wildman–Crippen LogP) is 5.56. The number of halogens is 2. The lowest BCUT2D eigenvalue weighted by molar-refractivity contribution is 0.307. The van der Waals surface area contributed by atoms with E-state index in [1.165, 1.54) is 22.3 Å². The maximum absolute atomic E-state index is 5.98. The van der Waals surface area contributed by atoms with E-state index in [1.807, 2.05) is 6.07 Å². The van der Waals surface area contributed by atoms with E-state index in [9.17, 15) is 0 Å². The Labute approximate surface area is 135 Å². The summed E-state index contributed by atoms with van der Waals surface area (Å²) in [4.78, 5) is 0. The van der Waals surface area contributed by atoms with Crippen molar-refractivity contribution in [2.75, 3.05) is 5.33 Å². The Hall–Kier alpha value is -1.06. The molecule has 0 N–H and O–H groups in total. The molecule has 1 nitrogen and oxygen atoms in total. The van der Waals surface area contributed by atoms with Gasteiger partial charge in [0.1, 0.15) is 12.4 Å². The van der Waals surface area contributed by atoms with Crippen LogP contribution in [0.4, 0.5) is 0 Å². The standard InChI is InChI=1S/C17H14Br2O/c18-9-3-6-15-14-5-2-1-4-12(14)11-20-17-10-13(19)7-8-16(15)17/h1-2,4-8,10H,3,9,11H2. The lowest BCUT2D eigenvalue weighted by Crippen LogP contribution is -1.94. The SMILES string of the molecule is BrCCC=C1c2ccccc2COc2cc(Br)ccc21. The first kappa shape index (κ1) is 13.9. The Bertz CT molecular complexity index is 662. The first-order valence-electron chi connectivity index (χ1n) is 6.56. The number of ether oxygens (including phenoxy) is 1. The molecule has 1 aliphatic heterocycles. The fourth-order valence-corrected chi connectivity index (χ4v) is 3.04. The minimum absolute atomic E-state index is 0.616. The van der Waals surface area contributed by atoms with Gasteiger partial charge in [0.15, 0.2) is 0 Å². The van der Waals surface area contributed by atoms with Gasteiger partial charge in [0.2, 0.25) is 0 Å². The predicted molar refractivity (Wildman–Crippen MR) is 90.4 cm³/mol. The summed E-state index contributed by atoms with van der Waals surface area (Å²) in [6, 6.07) is 14.7. The molecular weight excluding hydrogens is 380 g/mol. The minimum atomic E-state index is 0.616. The smallest absolute Gasteiger partial charge is 0.128 e. The molecule has 3 heteroatoms. The molecule has 0 aliphatic carbocycles. The van der Waals surface area contributed by atoms with Crippen molar-refractivity contribution in [2.45, 2.75) is 13.0 Å². The third-order valence-corrected chi connectivity index (χ3v) is 4.33. The van der Waals surface area contributed by atoms with Crippen molar-refractivity contribution in [3.05, 3.63) is 69.7 Å². The number of alkyl halides is 1. The van der Waals surface area contributed by atoms with Gasteiger partial charge in [0, 0.05) is 15.4 Å². The van der Waals surface area contributed by atoms with Gasteiger partial charge < -0.3 is 4.74 Å². The molecule has 2 aromatic carbocycles. The van der Waals surface area contributed by atoms with Crippen LogP contribution in [-0.2, 0) is 6.61 Å². The minimum Gasteiger partial charge on any atom is -0.488 e. The number of fused-ring (bicyclic) bond motifs is 2. The van der Waals surface area contributed by atoms with Crippen LogP contribution in [0.15, 0.2) is 53.0 Å². The molecule has 0 fully saturated rings. The second kappa shape index (κ2) is 6.15. The molecule has 20 heavy (non-hydrogen) atoms. The number of hydrogen-bond donors (Lipinski definition) is 0. The van der Waals surface area contributed by atoms with Crippen molar-refractivity contribution in [3.8, 4) is 5.75 Å². The average molecular weight is 394 g/mol. The summed E-state index contributed by atoms with van der Waals surface area (Å²) in [5, 5.41) is 0.964. The Morgan fingerprint density at radius 3 is 2.80 bits per heavy atom. The molecule has 102 valence electrons. The maximum Gasteiger partial charge on any atom is 0.128 e. The topological polar surface area (TPSA) is 9.23 Å². The first-order chi connectivity index (χ1) is 9.79. The van der Waals surface area contributed by atoms with Crippen LogP contribution in [0.25, 0.3) is 5.57 Å². The third kappa shape index (κ3) is 2.70. The number of hydrogen-bond acceptors (Lipinski definition) is 1. The van der Waals surface area contributed by atoms with E-state index >= 15 is 0 Å². The van der Waals surface area contributed by atoms with E-state index in [-0.39, 0.29) is 0 Å². The summed E-state index contributed by atoms with van der Waals surface area (Å²) < 4.78 is 7.03. The van der Waals surface area contributed by atoms with Crippen LogP contribution >= 0.6 is 31.9 Å². The van der Waals surface area contributed by atoms with Gasteiger partial charge in [-0.1, -0.05) is 62.2 Å². The lowest BCUT2D eigenvalue weighted by atomic mass is 9.94. The zero-order valence-electron chi connectivity index (χ0n) is 10.9. The average Bonchev–Trinajstić information content (AvgIpc) is 2.62. The Morgan fingerprint density at radius 1 is 1.10 bits per heavy atom. The van der Waals surface area contributed by atoms with Crippen molar-refractivity contribution in [1.29, 1.82) is 0 Å². The molecule has 0 amide bonds. The maximum atomic E-state index is 5.98. The molecule has 0 unspecified atom stereocenters. The molecule has 1 heterocycles. The number of allylic oxidation sites excluding steroid dienone is 1. The molecule has 0 aromatic heterocycles. The van der Waals surface area contributed by atoms with Gasteiger partial charge in [-0.15, -0.1) is 0 Å². The summed E-state index contributed by atoms with van der Waals surface area (Å²) >= 11 is 7.02. The molecule has 0 radical (unpaired) electrons. The highest BCUT2D eigenvalue weighted by molar-refractivity contribution is 9.10. The van der Waals surface area contributed by atoms with Crippen LogP contribution in [0.1, 0.15) is 23.1 Å². The first-order valence-corrected chi connectivity index (χ1v) is 8.48. The van der Waals surface area contributed by atoms with Gasteiger partial charge in [-0.05, 0) is 41.3 Å². The summed E-state index contributed by atoms with van der Waals surface area (Å²) in [5.74, 6) is 0.941. The van der Waals surface area contributed by atoms with Gasteiger partial charge in [0.05, 0.1) is 0 Å². The van der Waals surface area contributed by atoms with E-state index in [0.29, 0.717) is 6.61 Å². The summed E-state index contributed by atoms with van der Waals surface area (Å²) in [5.41, 5.74) is 4.94.